The molecule has 0 aromatic rings. The Bertz CT molecular complexity index is 305. The summed E-state index contributed by atoms with van der Waals surface area (Å²) < 4.78 is 0. The fraction of sp³-hybridized carbons (Fsp3) is 0.583. The number of hydrogen-bond acceptors (Lipinski definition) is 1. The van der Waals surface area contributed by atoms with Crippen molar-refractivity contribution in [2.75, 3.05) is 0 Å². The first kappa shape index (κ1) is 10.2. The topological polar surface area (TPSA) is 17.1 Å². The van der Waals surface area contributed by atoms with E-state index in [0.717, 1.165) is 12.0 Å². The van der Waals surface area contributed by atoms with Crippen molar-refractivity contribution in [3.8, 4) is 0 Å². The Morgan fingerprint density at radius 2 is 1.85 bits per heavy atom. The zero-order chi connectivity index (χ0) is 10.2. The molecular formula is C12H18O. The normalized spacial score (nSPS) is 23.0. The molecule has 0 radical (unpaired) electrons. The molecule has 0 fully saturated rings. The summed E-state index contributed by atoms with van der Waals surface area (Å²) in [4.78, 5) is 11.4. The SMILES string of the molecule is CCC1=C(C)C(C)=C(C(C)=O)C1C. The third kappa shape index (κ3) is 1.48. The van der Waals surface area contributed by atoms with Crippen molar-refractivity contribution in [2.45, 2.75) is 41.0 Å². The first-order chi connectivity index (χ1) is 6.00. The van der Waals surface area contributed by atoms with Crippen molar-refractivity contribution >= 4 is 5.78 Å². The van der Waals surface area contributed by atoms with Crippen LogP contribution < -0.4 is 0 Å². The second-order valence-electron chi connectivity index (χ2n) is 3.82. The Morgan fingerprint density at radius 3 is 2.08 bits per heavy atom. The van der Waals surface area contributed by atoms with Crippen LogP contribution in [0.15, 0.2) is 22.3 Å². The lowest BCUT2D eigenvalue weighted by molar-refractivity contribution is -0.114. The van der Waals surface area contributed by atoms with E-state index < -0.39 is 0 Å². The number of hydrogen-bond donors (Lipinski definition) is 0. The molecule has 13 heavy (non-hydrogen) atoms. The van der Waals surface area contributed by atoms with Crippen LogP contribution in [0.25, 0.3) is 0 Å². The predicted molar refractivity (Wildman–Crippen MR) is 55.5 cm³/mol. The van der Waals surface area contributed by atoms with Crippen molar-refractivity contribution in [1.82, 2.24) is 0 Å². The molecular weight excluding hydrogens is 160 g/mol. The van der Waals surface area contributed by atoms with E-state index in [2.05, 4.69) is 27.7 Å². The Hall–Kier alpha value is -0.850. The Kier molecular flexibility index (Phi) is 2.74. The number of ketones is 1. The lowest BCUT2D eigenvalue weighted by Crippen LogP contribution is -2.06. The van der Waals surface area contributed by atoms with Crippen LogP contribution in [0.3, 0.4) is 0 Å². The monoisotopic (exact) mass is 178 g/mol. The molecule has 0 bridgehead atoms. The summed E-state index contributed by atoms with van der Waals surface area (Å²) >= 11 is 0. The van der Waals surface area contributed by atoms with E-state index in [1.165, 1.54) is 16.7 Å². The van der Waals surface area contributed by atoms with Gasteiger partial charge in [0.15, 0.2) is 5.78 Å². The quantitative estimate of drug-likeness (QED) is 0.634. The van der Waals surface area contributed by atoms with Gasteiger partial charge in [0.2, 0.25) is 0 Å². The Morgan fingerprint density at radius 1 is 1.31 bits per heavy atom. The summed E-state index contributed by atoms with van der Waals surface area (Å²) in [5.41, 5.74) is 4.99. The van der Waals surface area contributed by atoms with E-state index in [1.54, 1.807) is 6.92 Å². The highest BCUT2D eigenvalue weighted by molar-refractivity contribution is 5.97. The minimum atomic E-state index is 0.229. The van der Waals surface area contributed by atoms with Gasteiger partial charge in [-0.1, -0.05) is 19.4 Å². The molecule has 72 valence electrons. The standard InChI is InChI=1S/C12H18O/c1-6-11-7(2)8(3)12(9(11)4)10(5)13/h9H,6H2,1-5H3. The number of carbonyl (C=O) groups is 1. The minimum Gasteiger partial charge on any atom is -0.295 e. The first-order valence-corrected chi connectivity index (χ1v) is 4.92. The van der Waals surface area contributed by atoms with Gasteiger partial charge in [-0.2, -0.15) is 0 Å². The average molecular weight is 178 g/mol. The van der Waals surface area contributed by atoms with Crippen molar-refractivity contribution in [1.29, 1.82) is 0 Å². The highest BCUT2D eigenvalue weighted by Gasteiger charge is 2.27. The van der Waals surface area contributed by atoms with Gasteiger partial charge in [0, 0.05) is 11.5 Å². The van der Waals surface area contributed by atoms with Gasteiger partial charge in [-0.15, -0.1) is 0 Å². The molecule has 0 aliphatic heterocycles. The van der Waals surface area contributed by atoms with Gasteiger partial charge in [0.1, 0.15) is 0 Å². The molecule has 0 spiro atoms. The Balaban J connectivity index is 3.15. The molecule has 1 heteroatoms. The van der Waals surface area contributed by atoms with Crippen LogP contribution in [0, 0.1) is 5.92 Å². The number of rotatable bonds is 2. The van der Waals surface area contributed by atoms with E-state index >= 15 is 0 Å². The zero-order valence-electron chi connectivity index (χ0n) is 9.19. The molecule has 0 aromatic carbocycles. The lowest BCUT2D eigenvalue weighted by atomic mass is 9.93. The predicted octanol–water partition coefficient (Wildman–Crippen LogP) is 3.27. The van der Waals surface area contributed by atoms with Crippen LogP contribution in [0.5, 0.6) is 0 Å². The average Bonchev–Trinajstić information content (AvgIpc) is 2.24. The maximum absolute atomic E-state index is 11.4. The van der Waals surface area contributed by atoms with Crippen LogP contribution in [0.1, 0.15) is 41.0 Å². The van der Waals surface area contributed by atoms with Crippen LogP contribution in [-0.2, 0) is 4.79 Å². The molecule has 1 unspecified atom stereocenters. The molecule has 0 N–H and O–H groups in total. The molecule has 1 nitrogen and oxygen atoms in total. The molecule has 0 aromatic heterocycles. The van der Waals surface area contributed by atoms with E-state index in [0.29, 0.717) is 5.92 Å². The highest BCUT2D eigenvalue weighted by Crippen LogP contribution is 2.38. The molecule has 0 amide bonds. The molecule has 1 aliphatic rings. The molecule has 0 saturated heterocycles. The largest absolute Gasteiger partial charge is 0.295 e. The van der Waals surface area contributed by atoms with E-state index in [9.17, 15) is 4.79 Å². The minimum absolute atomic E-state index is 0.229. The number of Topliss-reactive ketones (excluding diaryl/α,β-unsaturated/α-hetero) is 1. The second kappa shape index (κ2) is 3.49. The fourth-order valence-corrected chi connectivity index (χ4v) is 2.41. The van der Waals surface area contributed by atoms with E-state index in [-0.39, 0.29) is 5.78 Å². The van der Waals surface area contributed by atoms with Crippen molar-refractivity contribution < 1.29 is 4.79 Å². The number of allylic oxidation sites excluding steroid dienone is 4. The summed E-state index contributed by atoms with van der Waals surface area (Å²) in [5.74, 6) is 0.579. The van der Waals surface area contributed by atoms with Crippen molar-refractivity contribution in [2.24, 2.45) is 5.92 Å². The Labute approximate surface area is 80.5 Å². The van der Waals surface area contributed by atoms with Crippen molar-refractivity contribution in [3.05, 3.63) is 22.3 Å². The van der Waals surface area contributed by atoms with Gasteiger partial charge in [-0.05, 0) is 38.3 Å². The lowest BCUT2D eigenvalue weighted by Gasteiger charge is -2.10. The summed E-state index contributed by atoms with van der Waals surface area (Å²) in [6.45, 7) is 10.1. The summed E-state index contributed by atoms with van der Waals surface area (Å²) in [6, 6.07) is 0. The molecule has 1 aliphatic carbocycles. The van der Waals surface area contributed by atoms with Gasteiger partial charge in [-0.25, -0.2) is 0 Å². The van der Waals surface area contributed by atoms with E-state index in [4.69, 9.17) is 0 Å². The van der Waals surface area contributed by atoms with Gasteiger partial charge in [0.05, 0.1) is 0 Å². The molecule has 1 atom stereocenters. The second-order valence-corrected chi connectivity index (χ2v) is 3.82. The maximum Gasteiger partial charge on any atom is 0.156 e. The van der Waals surface area contributed by atoms with Crippen LogP contribution in [0.2, 0.25) is 0 Å². The fourth-order valence-electron chi connectivity index (χ4n) is 2.41. The van der Waals surface area contributed by atoms with Crippen LogP contribution in [0.4, 0.5) is 0 Å². The van der Waals surface area contributed by atoms with Gasteiger partial charge in [-0.3, -0.25) is 4.79 Å². The third-order valence-corrected chi connectivity index (χ3v) is 3.16. The maximum atomic E-state index is 11.4. The van der Waals surface area contributed by atoms with Crippen molar-refractivity contribution in [3.63, 3.8) is 0 Å². The van der Waals surface area contributed by atoms with E-state index in [1.807, 2.05) is 0 Å². The summed E-state index contributed by atoms with van der Waals surface area (Å²) in [6.07, 6.45) is 1.06. The van der Waals surface area contributed by atoms with Gasteiger partial charge < -0.3 is 0 Å². The molecule has 0 heterocycles. The summed E-state index contributed by atoms with van der Waals surface area (Å²) in [7, 11) is 0. The van der Waals surface area contributed by atoms with Gasteiger partial charge in [0.25, 0.3) is 0 Å². The third-order valence-electron chi connectivity index (χ3n) is 3.16. The van der Waals surface area contributed by atoms with Crippen LogP contribution >= 0.6 is 0 Å². The number of carbonyl (C=O) groups excluding carboxylic acids is 1. The van der Waals surface area contributed by atoms with Crippen LogP contribution in [-0.4, -0.2) is 5.78 Å². The molecule has 0 saturated carbocycles. The smallest absolute Gasteiger partial charge is 0.156 e. The first-order valence-electron chi connectivity index (χ1n) is 4.92. The highest BCUT2D eigenvalue weighted by atomic mass is 16.1. The van der Waals surface area contributed by atoms with Gasteiger partial charge >= 0.3 is 0 Å². The summed E-state index contributed by atoms with van der Waals surface area (Å²) in [5, 5.41) is 0. The zero-order valence-corrected chi connectivity index (χ0v) is 9.19. The molecule has 1 rings (SSSR count).